The van der Waals surface area contributed by atoms with Crippen molar-refractivity contribution in [2.24, 2.45) is 11.8 Å². The number of rotatable bonds is 12. The Morgan fingerprint density at radius 3 is 1.55 bits per heavy atom. The first-order chi connectivity index (χ1) is 21.4. The van der Waals surface area contributed by atoms with Gasteiger partial charge in [0.1, 0.15) is 13.2 Å². The minimum Gasteiger partial charge on any atom is -0.447 e. The van der Waals surface area contributed by atoms with Crippen molar-refractivity contribution in [1.29, 1.82) is 0 Å². The maximum absolute atomic E-state index is 14.0. The van der Waals surface area contributed by atoms with Crippen molar-refractivity contribution in [1.82, 2.24) is 9.80 Å². The van der Waals surface area contributed by atoms with Gasteiger partial charge in [-0.15, -0.1) is 6.58 Å². The third-order valence-electron chi connectivity index (χ3n) is 7.95. The van der Waals surface area contributed by atoms with Crippen LogP contribution in [0.2, 0.25) is 0 Å². The lowest BCUT2D eigenvalue weighted by Crippen LogP contribution is -2.44. The number of hydrogen-bond donors (Lipinski definition) is 0. The summed E-state index contributed by atoms with van der Waals surface area (Å²) in [5.74, 6) is -2.33. The lowest BCUT2D eigenvalue weighted by Gasteiger charge is -2.25. The molecule has 2 heterocycles. The lowest BCUT2D eigenvalue weighted by atomic mass is 9.93. The van der Waals surface area contributed by atoms with Crippen molar-refractivity contribution >= 4 is 24.0 Å². The summed E-state index contributed by atoms with van der Waals surface area (Å²) in [6.07, 6.45) is 5.11. The van der Waals surface area contributed by atoms with Gasteiger partial charge in [-0.25, -0.2) is 19.4 Å². The van der Waals surface area contributed by atoms with E-state index in [1.807, 2.05) is 91.0 Å². The molecule has 2 aliphatic rings. The first-order valence-corrected chi connectivity index (χ1v) is 14.8. The summed E-state index contributed by atoms with van der Waals surface area (Å²) >= 11 is 0. The number of amides is 4. The zero-order chi connectivity index (χ0) is 30.9. The Labute approximate surface area is 257 Å². The highest BCUT2D eigenvalue weighted by molar-refractivity contribution is 5.97. The molecule has 4 atom stereocenters. The van der Waals surface area contributed by atoms with Gasteiger partial charge in [-0.05, 0) is 42.4 Å². The van der Waals surface area contributed by atoms with Crippen LogP contribution < -0.4 is 0 Å². The van der Waals surface area contributed by atoms with Crippen LogP contribution in [0.25, 0.3) is 0 Å². The van der Waals surface area contributed by atoms with E-state index in [-0.39, 0.29) is 19.6 Å². The molecule has 2 aliphatic heterocycles. The van der Waals surface area contributed by atoms with Gasteiger partial charge in [0.05, 0.1) is 23.9 Å². The molecule has 4 amide bonds. The molecule has 5 rings (SSSR count). The maximum Gasteiger partial charge on any atom is 0.417 e. The minimum atomic E-state index is -0.757. The Bertz CT molecular complexity index is 1490. The normalized spacial score (nSPS) is 19.5. The van der Waals surface area contributed by atoms with Gasteiger partial charge in [-0.1, -0.05) is 109 Å². The van der Waals surface area contributed by atoms with Crippen molar-refractivity contribution in [3.63, 3.8) is 0 Å². The van der Waals surface area contributed by atoms with Crippen LogP contribution in [0.3, 0.4) is 0 Å². The zero-order valence-corrected chi connectivity index (χ0v) is 24.5. The van der Waals surface area contributed by atoms with Crippen LogP contribution in [-0.2, 0) is 38.3 Å². The maximum atomic E-state index is 14.0. The van der Waals surface area contributed by atoms with E-state index in [0.717, 1.165) is 16.7 Å². The number of carbonyl (C=O) groups is 4. The molecule has 3 aromatic rings. The lowest BCUT2D eigenvalue weighted by molar-refractivity contribution is -0.133. The second kappa shape index (κ2) is 14.5. The van der Waals surface area contributed by atoms with E-state index in [9.17, 15) is 19.2 Å². The highest BCUT2D eigenvalue weighted by Gasteiger charge is 2.42. The molecule has 0 saturated carbocycles. The molecule has 3 aromatic carbocycles. The average molecular weight is 593 g/mol. The Morgan fingerprint density at radius 1 is 0.682 bits per heavy atom. The van der Waals surface area contributed by atoms with Crippen LogP contribution in [-0.4, -0.2) is 59.1 Å². The van der Waals surface area contributed by atoms with Crippen molar-refractivity contribution in [2.45, 2.75) is 37.8 Å². The van der Waals surface area contributed by atoms with Gasteiger partial charge in [0.15, 0.2) is 0 Å². The first-order valence-electron chi connectivity index (χ1n) is 14.8. The quantitative estimate of drug-likeness (QED) is 0.248. The predicted octanol–water partition coefficient (Wildman–Crippen LogP) is 5.77. The molecule has 0 N–H and O–H groups in total. The average Bonchev–Trinajstić information content (AvgIpc) is 3.60. The molecule has 8 heteroatoms. The summed E-state index contributed by atoms with van der Waals surface area (Å²) < 4.78 is 10.6. The molecule has 0 aromatic heterocycles. The molecule has 0 spiro atoms. The largest absolute Gasteiger partial charge is 0.447 e. The number of allylic oxidation sites excluding steroid dienone is 1. The molecular formula is C36H36N2O6. The summed E-state index contributed by atoms with van der Waals surface area (Å²) in [6.45, 7) is 4.03. The van der Waals surface area contributed by atoms with E-state index < -0.39 is 47.9 Å². The van der Waals surface area contributed by atoms with Crippen molar-refractivity contribution in [3.8, 4) is 0 Å². The third-order valence-corrected chi connectivity index (χ3v) is 7.95. The second-order valence-corrected chi connectivity index (χ2v) is 11.1. The second-order valence-electron chi connectivity index (χ2n) is 11.1. The van der Waals surface area contributed by atoms with E-state index in [0.29, 0.717) is 19.3 Å². The number of nitrogens with zero attached hydrogens (tertiary/aromatic N) is 2. The molecule has 0 bridgehead atoms. The van der Waals surface area contributed by atoms with E-state index in [4.69, 9.17) is 9.47 Å². The van der Waals surface area contributed by atoms with Crippen LogP contribution in [0.15, 0.2) is 116 Å². The number of ether oxygens (including phenoxy) is 2. The number of imide groups is 2. The molecule has 2 saturated heterocycles. The van der Waals surface area contributed by atoms with Gasteiger partial charge in [0.25, 0.3) is 0 Å². The summed E-state index contributed by atoms with van der Waals surface area (Å²) in [7, 11) is 0. The Balaban J connectivity index is 1.39. The van der Waals surface area contributed by atoms with Crippen LogP contribution in [0.4, 0.5) is 9.59 Å². The molecule has 0 aliphatic carbocycles. The molecule has 0 unspecified atom stereocenters. The minimum absolute atomic E-state index is 0.110. The monoisotopic (exact) mass is 592 g/mol. The summed E-state index contributed by atoms with van der Waals surface area (Å²) in [4.78, 5) is 55.8. The summed E-state index contributed by atoms with van der Waals surface area (Å²) in [5, 5.41) is 0. The fourth-order valence-electron chi connectivity index (χ4n) is 5.71. The molecule has 8 nitrogen and oxygen atoms in total. The van der Waals surface area contributed by atoms with Gasteiger partial charge in [-0.3, -0.25) is 9.59 Å². The van der Waals surface area contributed by atoms with E-state index in [1.165, 1.54) is 9.80 Å². The summed E-state index contributed by atoms with van der Waals surface area (Å²) in [6, 6.07) is 27.9. The Kier molecular flexibility index (Phi) is 10.0. The van der Waals surface area contributed by atoms with Gasteiger partial charge in [-0.2, -0.15) is 0 Å². The number of benzene rings is 3. The number of carbonyl (C=O) groups excluding carboxylic acids is 4. The van der Waals surface area contributed by atoms with Gasteiger partial charge >= 0.3 is 12.2 Å². The predicted molar refractivity (Wildman–Crippen MR) is 165 cm³/mol. The fourth-order valence-corrected chi connectivity index (χ4v) is 5.71. The molecular weight excluding hydrogens is 556 g/mol. The summed E-state index contributed by atoms with van der Waals surface area (Å²) in [5.41, 5.74) is 2.88. The van der Waals surface area contributed by atoms with E-state index >= 15 is 0 Å². The Morgan fingerprint density at radius 2 is 1.09 bits per heavy atom. The molecule has 44 heavy (non-hydrogen) atoms. The fraction of sp³-hybridized carbons (Fsp3) is 0.278. The number of cyclic esters (lactones) is 2. The highest BCUT2D eigenvalue weighted by atomic mass is 16.6. The van der Waals surface area contributed by atoms with Crippen molar-refractivity contribution < 1.29 is 28.7 Å². The van der Waals surface area contributed by atoms with Crippen LogP contribution in [0.5, 0.6) is 0 Å². The molecule has 0 radical (unpaired) electrons. The van der Waals surface area contributed by atoms with Gasteiger partial charge in [0.2, 0.25) is 11.8 Å². The van der Waals surface area contributed by atoms with Crippen molar-refractivity contribution in [3.05, 3.63) is 132 Å². The van der Waals surface area contributed by atoms with Gasteiger partial charge < -0.3 is 9.47 Å². The zero-order valence-electron chi connectivity index (χ0n) is 24.5. The Hall–Kier alpha value is -4.98. The first kappa shape index (κ1) is 30.5. The van der Waals surface area contributed by atoms with Crippen LogP contribution in [0.1, 0.15) is 23.1 Å². The van der Waals surface area contributed by atoms with Crippen LogP contribution >= 0.6 is 0 Å². The van der Waals surface area contributed by atoms with E-state index in [1.54, 1.807) is 18.2 Å². The third kappa shape index (κ3) is 7.32. The van der Waals surface area contributed by atoms with E-state index in [2.05, 4.69) is 6.58 Å². The molecule has 2 fully saturated rings. The molecule has 226 valence electrons. The highest BCUT2D eigenvalue weighted by Crippen LogP contribution is 2.26. The SMILES string of the molecule is C=CC[C@@H](/C=C/[C@H](Cc1ccccc1)C(=O)N1C(=O)OC[C@@H]1Cc1ccccc1)C(=O)N1C(=O)OC[C@@H]1Cc1ccccc1. The smallest absolute Gasteiger partial charge is 0.417 e. The number of hydrogen-bond acceptors (Lipinski definition) is 6. The topological polar surface area (TPSA) is 93.2 Å². The van der Waals surface area contributed by atoms with Crippen molar-refractivity contribution in [2.75, 3.05) is 13.2 Å². The van der Waals surface area contributed by atoms with Crippen LogP contribution in [0, 0.1) is 11.8 Å². The standard InChI is InChI=1S/C36H36N2O6/c1-2-12-29(33(39)37-31(24-43-35(37)41)22-27-15-8-4-9-16-27)19-20-30(21-26-13-6-3-7-14-26)34(40)38-32(25-44-36(38)42)23-28-17-10-5-11-18-28/h2-11,13-20,29-32H,1,12,21-25H2/b20-19+/t29-,30+,31-,32-/m0/s1. The van der Waals surface area contributed by atoms with Gasteiger partial charge in [0, 0.05) is 0 Å².